The highest BCUT2D eigenvalue weighted by Gasteiger charge is 2.28. The number of nitrogens with zero attached hydrogens (tertiary/aromatic N) is 2. The molecule has 0 unspecified atom stereocenters. The molecule has 0 radical (unpaired) electrons. The molecular weight excluding hydrogens is 272 g/mol. The van der Waals surface area contributed by atoms with Gasteiger partial charge in [0.25, 0.3) is 0 Å². The molecule has 1 fully saturated rings. The van der Waals surface area contributed by atoms with Gasteiger partial charge in [0.1, 0.15) is 0 Å². The van der Waals surface area contributed by atoms with E-state index in [-0.39, 0.29) is 5.91 Å². The first-order valence-electron chi connectivity index (χ1n) is 8.66. The zero-order chi connectivity index (χ0) is 16.1. The van der Waals surface area contributed by atoms with E-state index in [9.17, 15) is 4.79 Å². The molecule has 0 spiro atoms. The van der Waals surface area contributed by atoms with Crippen molar-refractivity contribution in [1.29, 1.82) is 0 Å². The summed E-state index contributed by atoms with van der Waals surface area (Å²) in [5.41, 5.74) is 2.21. The summed E-state index contributed by atoms with van der Waals surface area (Å²) >= 11 is 0. The second-order valence-corrected chi connectivity index (χ2v) is 6.63. The van der Waals surface area contributed by atoms with E-state index in [2.05, 4.69) is 38.7 Å². The van der Waals surface area contributed by atoms with Gasteiger partial charge in [-0.15, -0.1) is 0 Å². The maximum atomic E-state index is 12.9. The van der Waals surface area contributed by atoms with E-state index in [1.807, 2.05) is 23.1 Å². The molecule has 122 valence electrons. The Bertz CT molecular complexity index is 492. The van der Waals surface area contributed by atoms with Crippen molar-refractivity contribution >= 4 is 11.6 Å². The Kier molecular flexibility index (Phi) is 6.01. The summed E-state index contributed by atoms with van der Waals surface area (Å²) in [6, 6.07) is 9.15. The molecule has 0 heterocycles. The molecule has 2 rings (SSSR count). The second-order valence-electron chi connectivity index (χ2n) is 6.63. The second kappa shape index (κ2) is 7.77. The van der Waals surface area contributed by atoms with Crippen molar-refractivity contribution in [3.8, 4) is 0 Å². The number of para-hydroxylation sites is 1. The number of anilines is 1. The summed E-state index contributed by atoms with van der Waals surface area (Å²) in [4.78, 5) is 17.2. The first kappa shape index (κ1) is 17.0. The van der Waals surface area contributed by atoms with Gasteiger partial charge in [0.2, 0.25) is 5.91 Å². The SMILES string of the molecule is CCN(C(=O)CN(C(C)C)C1CCCC1)c1ccccc1C. The monoisotopic (exact) mass is 302 g/mol. The molecule has 3 heteroatoms. The first-order chi connectivity index (χ1) is 10.5. The number of carbonyl (C=O) groups excluding carboxylic acids is 1. The minimum Gasteiger partial charge on any atom is -0.311 e. The molecule has 0 atom stereocenters. The van der Waals surface area contributed by atoms with Crippen molar-refractivity contribution < 1.29 is 4.79 Å². The van der Waals surface area contributed by atoms with Crippen LogP contribution >= 0.6 is 0 Å². The third kappa shape index (κ3) is 3.89. The lowest BCUT2D eigenvalue weighted by molar-refractivity contribution is -0.120. The smallest absolute Gasteiger partial charge is 0.241 e. The summed E-state index contributed by atoms with van der Waals surface area (Å²) in [6.45, 7) is 9.79. The molecule has 0 aromatic heterocycles. The Labute approximate surface area is 135 Å². The Morgan fingerprint density at radius 1 is 1.23 bits per heavy atom. The Morgan fingerprint density at radius 2 is 1.86 bits per heavy atom. The van der Waals surface area contributed by atoms with Gasteiger partial charge < -0.3 is 4.90 Å². The van der Waals surface area contributed by atoms with Crippen molar-refractivity contribution in [2.75, 3.05) is 18.0 Å². The summed E-state index contributed by atoms with van der Waals surface area (Å²) in [5, 5.41) is 0. The molecule has 1 aromatic rings. The average Bonchev–Trinajstić information content (AvgIpc) is 3.01. The first-order valence-corrected chi connectivity index (χ1v) is 8.66. The lowest BCUT2D eigenvalue weighted by Crippen LogP contribution is -2.47. The molecule has 0 saturated heterocycles. The summed E-state index contributed by atoms with van der Waals surface area (Å²) in [6.07, 6.45) is 5.08. The number of hydrogen-bond acceptors (Lipinski definition) is 2. The Morgan fingerprint density at radius 3 is 2.41 bits per heavy atom. The van der Waals surface area contributed by atoms with Crippen molar-refractivity contribution in [2.45, 2.75) is 65.5 Å². The minimum atomic E-state index is 0.220. The Hall–Kier alpha value is -1.35. The summed E-state index contributed by atoms with van der Waals surface area (Å²) < 4.78 is 0. The van der Waals surface area contributed by atoms with Crippen LogP contribution in [-0.2, 0) is 4.79 Å². The molecule has 0 bridgehead atoms. The summed E-state index contributed by atoms with van der Waals surface area (Å²) in [5.74, 6) is 0.220. The van der Waals surface area contributed by atoms with Crippen molar-refractivity contribution in [2.24, 2.45) is 0 Å². The third-order valence-corrected chi connectivity index (χ3v) is 4.80. The topological polar surface area (TPSA) is 23.6 Å². The van der Waals surface area contributed by atoms with Gasteiger partial charge in [0, 0.05) is 24.3 Å². The van der Waals surface area contributed by atoms with Crippen molar-refractivity contribution in [1.82, 2.24) is 4.90 Å². The van der Waals surface area contributed by atoms with Crippen LogP contribution in [0.25, 0.3) is 0 Å². The molecule has 1 aromatic carbocycles. The van der Waals surface area contributed by atoms with Crippen LogP contribution in [0.3, 0.4) is 0 Å². The van der Waals surface area contributed by atoms with Crippen LogP contribution in [-0.4, -0.2) is 36.0 Å². The fraction of sp³-hybridized carbons (Fsp3) is 0.632. The molecule has 1 amide bonds. The van der Waals surface area contributed by atoms with E-state index >= 15 is 0 Å². The number of aryl methyl sites for hydroxylation is 1. The molecule has 0 N–H and O–H groups in total. The van der Waals surface area contributed by atoms with Crippen LogP contribution in [0.4, 0.5) is 5.69 Å². The zero-order valence-corrected chi connectivity index (χ0v) is 14.5. The van der Waals surface area contributed by atoms with Crippen LogP contribution in [0.1, 0.15) is 52.0 Å². The van der Waals surface area contributed by atoms with Gasteiger partial charge in [0.15, 0.2) is 0 Å². The van der Waals surface area contributed by atoms with E-state index in [1.165, 1.54) is 25.7 Å². The number of carbonyl (C=O) groups is 1. The van der Waals surface area contributed by atoms with Gasteiger partial charge in [-0.25, -0.2) is 0 Å². The third-order valence-electron chi connectivity index (χ3n) is 4.80. The highest BCUT2D eigenvalue weighted by molar-refractivity contribution is 5.95. The van der Waals surface area contributed by atoms with Crippen LogP contribution in [0.2, 0.25) is 0 Å². The van der Waals surface area contributed by atoms with E-state index in [0.29, 0.717) is 18.6 Å². The van der Waals surface area contributed by atoms with Crippen molar-refractivity contribution in [3.63, 3.8) is 0 Å². The largest absolute Gasteiger partial charge is 0.311 e. The van der Waals surface area contributed by atoms with Gasteiger partial charge in [-0.2, -0.15) is 0 Å². The lowest BCUT2D eigenvalue weighted by Gasteiger charge is -2.34. The van der Waals surface area contributed by atoms with Crippen LogP contribution in [0.15, 0.2) is 24.3 Å². The van der Waals surface area contributed by atoms with Gasteiger partial charge in [-0.3, -0.25) is 9.69 Å². The average molecular weight is 302 g/mol. The number of likely N-dealkylation sites (N-methyl/N-ethyl adjacent to an activating group) is 1. The minimum absolute atomic E-state index is 0.220. The van der Waals surface area contributed by atoms with E-state index in [0.717, 1.165) is 17.8 Å². The van der Waals surface area contributed by atoms with E-state index < -0.39 is 0 Å². The van der Waals surface area contributed by atoms with Gasteiger partial charge >= 0.3 is 0 Å². The molecule has 0 aliphatic heterocycles. The molecule has 1 aliphatic carbocycles. The maximum Gasteiger partial charge on any atom is 0.241 e. The number of amides is 1. The highest BCUT2D eigenvalue weighted by atomic mass is 16.2. The standard InChI is InChI=1S/C19H30N2O/c1-5-20(18-13-9-6-10-16(18)4)19(22)14-21(15(2)3)17-11-7-8-12-17/h6,9-10,13,15,17H,5,7-8,11-12,14H2,1-4H3. The molecule has 22 heavy (non-hydrogen) atoms. The lowest BCUT2D eigenvalue weighted by atomic mass is 10.1. The molecule has 1 aliphatic rings. The Balaban J connectivity index is 2.12. The summed E-state index contributed by atoms with van der Waals surface area (Å²) in [7, 11) is 0. The molecular formula is C19H30N2O. The number of rotatable bonds is 6. The van der Waals surface area contributed by atoms with E-state index in [4.69, 9.17) is 0 Å². The normalized spacial score (nSPS) is 15.7. The fourth-order valence-corrected chi connectivity index (χ4v) is 3.56. The molecule has 3 nitrogen and oxygen atoms in total. The van der Waals surface area contributed by atoms with E-state index in [1.54, 1.807) is 0 Å². The highest BCUT2D eigenvalue weighted by Crippen LogP contribution is 2.26. The predicted molar refractivity (Wildman–Crippen MR) is 93.3 cm³/mol. The van der Waals surface area contributed by atoms with Gasteiger partial charge in [-0.1, -0.05) is 31.0 Å². The van der Waals surface area contributed by atoms with Gasteiger partial charge in [-0.05, 0) is 52.2 Å². The van der Waals surface area contributed by atoms with Crippen LogP contribution < -0.4 is 4.90 Å². The fourth-order valence-electron chi connectivity index (χ4n) is 3.56. The maximum absolute atomic E-state index is 12.9. The number of benzene rings is 1. The van der Waals surface area contributed by atoms with Gasteiger partial charge in [0.05, 0.1) is 6.54 Å². The van der Waals surface area contributed by atoms with Crippen molar-refractivity contribution in [3.05, 3.63) is 29.8 Å². The predicted octanol–water partition coefficient (Wildman–Crippen LogP) is 4.00. The zero-order valence-electron chi connectivity index (χ0n) is 14.5. The molecule has 1 saturated carbocycles. The van der Waals surface area contributed by atoms with Crippen LogP contribution in [0, 0.1) is 6.92 Å². The van der Waals surface area contributed by atoms with Crippen LogP contribution in [0.5, 0.6) is 0 Å². The quantitative estimate of drug-likeness (QED) is 0.793. The number of hydrogen-bond donors (Lipinski definition) is 0.